The van der Waals surface area contributed by atoms with Crippen molar-refractivity contribution in [2.45, 2.75) is 19.6 Å². The Morgan fingerprint density at radius 2 is 1.94 bits per heavy atom. The zero-order valence-electron chi connectivity index (χ0n) is 10.1. The van der Waals surface area contributed by atoms with Crippen LogP contribution in [0.4, 0.5) is 8.78 Å². The summed E-state index contributed by atoms with van der Waals surface area (Å²) in [5.41, 5.74) is 0.437. The third-order valence-corrected chi connectivity index (χ3v) is 3.47. The standard InChI is InChI=1S/C12H14BrF2NO2/c1-8(7-13)16(2)11(17)9-3-5-10(6-4-9)18-12(14)15/h3-6,8,12H,7H2,1-2H3. The van der Waals surface area contributed by atoms with E-state index in [1.165, 1.54) is 24.3 Å². The van der Waals surface area contributed by atoms with Gasteiger partial charge in [-0.1, -0.05) is 15.9 Å². The molecule has 0 spiro atoms. The molecule has 100 valence electrons. The Hall–Kier alpha value is -1.17. The largest absolute Gasteiger partial charge is 0.435 e. The lowest BCUT2D eigenvalue weighted by molar-refractivity contribution is -0.0498. The smallest absolute Gasteiger partial charge is 0.387 e. The Morgan fingerprint density at radius 1 is 1.39 bits per heavy atom. The molecule has 0 N–H and O–H groups in total. The highest BCUT2D eigenvalue weighted by atomic mass is 79.9. The number of rotatable bonds is 5. The van der Waals surface area contributed by atoms with Crippen molar-refractivity contribution in [1.29, 1.82) is 0 Å². The Balaban J connectivity index is 2.75. The van der Waals surface area contributed by atoms with Gasteiger partial charge in [-0.05, 0) is 31.2 Å². The van der Waals surface area contributed by atoms with Gasteiger partial charge in [0.1, 0.15) is 5.75 Å². The predicted octanol–water partition coefficient (Wildman–Crippen LogP) is 3.14. The Morgan fingerprint density at radius 3 is 2.39 bits per heavy atom. The fourth-order valence-electron chi connectivity index (χ4n) is 1.29. The molecule has 0 saturated carbocycles. The molecule has 0 aliphatic heterocycles. The number of hydrogen-bond acceptors (Lipinski definition) is 2. The molecule has 1 aromatic rings. The molecule has 0 aliphatic carbocycles. The number of carbonyl (C=O) groups is 1. The van der Waals surface area contributed by atoms with Gasteiger partial charge < -0.3 is 9.64 Å². The minimum absolute atomic E-state index is 0.0396. The average molecular weight is 322 g/mol. The van der Waals surface area contributed by atoms with E-state index in [2.05, 4.69) is 20.7 Å². The van der Waals surface area contributed by atoms with E-state index in [1.807, 2.05) is 6.92 Å². The van der Waals surface area contributed by atoms with Crippen LogP contribution in [0, 0.1) is 0 Å². The summed E-state index contributed by atoms with van der Waals surface area (Å²) in [6, 6.07) is 5.70. The minimum Gasteiger partial charge on any atom is -0.435 e. The number of benzene rings is 1. The summed E-state index contributed by atoms with van der Waals surface area (Å²) in [5, 5.41) is 0.668. The average Bonchev–Trinajstić information content (AvgIpc) is 2.36. The lowest BCUT2D eigenvalue weighted by atomic mass is 10.2. The van der Waals surface area contributed by atoms with Crippen molar-refractivity contribution in [3.05, 3.63) is 29.8 Å². The first-order valence-corrected chi connectivity index (χ1v) is 6.46. The van der Waals surface area contributed by atoms with Gasteiger partial charge in [-0.25, -0.2) is 0 Å². The lowest BCUT2D eigenvalue weighted by Crippen LogP contribution is -2.36. The maximum atomic E-state index is 12.0. The van der Waals surface area contributed by atoms with Crippen LogP contribution in [-0.4, -0.2) is 35.8 Å². The van der Waals surface area contributed by atoms with Gasteiger partial charge in [-0.3, -0.25) is 4.79 Å². The molecule has 0 fully saturated rings. The van der Waals surface area contributed by atoms with E-state index in [0.29, 0.717) is 10.9 Å². The Labute approximate surface area is 113 Å². The van der Waals surface area contributed by atoms with E-state index in [1.54, 1.807) is 11.9 Å². The van der Waals surface area contributed by atoms with Gasteiger partial charge in [0.2, 0.25) is 0 Å². The van der Waals surface area contributed by atoms with Crippen LogP contribution in [0.1, 0.15) is 17.3 Å². The van der Waals surface area contributed by atoms with Crippen LogP contribution in [0.2, 0.25) is 0 Å². The predicted molar refractivity (Wildman–Crippen MR) is 68.4 cm³/mol. The number of ether oxygens (including phenoxy) is 1. The SMILES string of the molecule is CC(CBr)N(C)C(=O)c1ccc(OC(F)F)cc1. The zero-order valence-corrected chi connectivity index (χ0v) is 11.7. The molecule has 0 radical (unpaired) electrons. The molecule has 0 saturated heterocycles. The van der Waals surface area contributed by atoms with E-state index in [-0.39, 0.29) is 17.7 Å². The fraction of sp³-hybridized carbons (Fsp3) is 0.417. The molecule has 0 aliphatic rings. The Kier molecular flexibility index (Phi) is 5.53. The van der Waals surface area contributed by atoms with Gasteiger partial charge in [0.15, 0.2) is 0 Å². The maximum absolute atomic E-state index is 12.0. The molecule has 1 aromatic carbocycles. The van der Waals surface area contributed by atoms with Crippen LogP contribution in [0.15, 0.2) is 24.3 Å². The number of nitrogens with zero attached hydrogens (tertiary/aromatic N) is 1. The summed E-state index contributed by atoms with van der Waals surface area (Å²) in [4.78, 5) is 13.6. The molecule has 0 aromatic heterocycles. The van der Waals surface area contributed by atoms with Crippen LogP contribution >= 0.6 is 15.9 Å². The van der Waals surface area contributed by atoms with Crippen molar-refractivity contribution >= 4 is 21.8 Å². The molecular weight excluding hydrogens is 308 g/mol. The van der Waals surface area contributed by atoms with Gasteiger partial charge >= 0.3 is 6.61 Å². The van der Waals surface area contributed by atoms with Crippen molar-refractivity contribution in [3.63, 3.8) is 0 Å². The molecule has 0 bridgehead atoms. The Bertz CT molecular complexity index is 398. The van der Waals surface area contributed by atoms with E-state index < -0.39 is 6.61 Å². The topological polar surface area (TPSA) is 29.5 Å². The monoisotopic (exact) mass is 321 g/mol. The van der Waals surface area contributed by atoms with Crippen molar-refractivity contribution in [1.82, 2.24) is 4.90 Å². The zero-order chi connectivity index (χ0) is 13.7. The van der Waals surface area contributed by atoms with Crippen molar-refractivity contribution in [2.24, 2.45) is 0 Å². The van der Waals surface area contributed by atoms with E-state index in [9.17, 15) is 13.6 Å². The van der Waals surface area contributed by atoms with Crippen molar-refractivity contribution in [2.75, 3.05) is 12.4 Å². The second-order valence-corrected chi connectivity index (χ2v) is 4.47. The summed E-state index contributed by atoms with van der Waals surface area (Å²) >= 11 is 3.30. The molecule has 1 unspecified atom stereocenters. The summed E-state index contributed by atoms with van der Waals surface area (Å²) < 4.78 is 28.1. The second kappa shape index (κ2) is 6.68. The number of amides is 1. The first-order valence-electron chi connectivity index (χ1n) is 5.33. The van der Waals surface area contributed by atoms with E-state index >= 15 is 0 Å². The molecular formula is C12H14BrF2NO2. The van der Waals surface area contributed by atoms with Gasteiger partial charge in [0, 0.05) is 24.0 Å². The summed E-state index contributed by atoms with van der Waals surface area (Å²) in [5.74, 6) is -0.122. The van der Waals surface area contributed by atoms with Gasteiger partial charge in [0.25, 0.3) is 5.91 Å². The summed E-state index contributed by atoms with van der Waals surface area (Å²) in [6.07, 6.45) is 0. The first kappa shape index (κ1) is 14.9. The molecule has 3 nitrogen and oxygen atoms in total. The van der Waals surface area contributed by atoms with Crippen LogP contribution in [0.3, 0.4) is 0 Å². The van der Waals surface area contributed by atoms with Crippen LogP contribution in [-0.2, 0) is 0 Å². The van der Waals surface area contributed by atoms with Gasteiger partial charge in [0.05, 0.1) is 0 Å². The fourth-order valence-corrected chi connectivity index (χ4v) is 1.72. The normalized spacial score (nSPS) is 12.3. The first-order chi connectivity index (χ1) is 8.45. The number of carbonyl (C=O) groups excluding carboxylic acids is 1. The minimum atomic E-state index is -2.86. The molecule has 1 rings (SSSR count). The highest BCUT2D eigenvalue weighted by Crippen LogP contribution is 2.16. The highest BCUT2D eigenvalue weighted by Gasteiger charge is 2.16. The van der Waals surface area contributed by atoms with Crippen LogP contribution in [0.25, 0.3) is 0 Å². The summed E-state index contributed by atoms with van der Waals surface area (Å²) in [7, 11) is 1.69. The molecule has 6 heteroatoms. The van der Waals surface area contributed by atoms with Crippen molar-refractivity contribution in [3.8, 4) is 5.75 Å². The molecule has 0 heterocycles. The number of alkyl halides is 3. The van der Waals surface area contributed by atoms with Crippen LogP contribution in [0.5, 0.6) is 5.75 Å². The second-order valence-electron chi connectivity index (χ2n) is 3.82. The highest BCUT2D eigenvalue weighted by molar-refractivity contribution is 9.09. The third kappa shape index (κ3) is 3.94. The van der Waals surface area contributed by atoms with Crippen LogP contribution < -0.4 is 4.74 Å². The quantitative estimate of drug-likeness (QED) is 0.780. The van der Waals surface area contributed by atoms with E-state index in [4.69, 9.17) is 0 Å². The number of halogens is 3. The van der Waals surface area contributed by atoms with Gasteiger partial charge in [-0.15, -0.1) is 0 Å². The maximum Gasteiger partial charge on any atom is 0.387 e. The molecule has 1 amide bonds. The lowest BCUT2D eigenvalue weighted by Gasteiger charge is -2.23. The van der Waals surface area contributed by atoms with E-state index in [0.717, 1.165) is 0 Å². The molecule has 18 heavy (non-hydrogen) atoms. The number of hydrogen-bond donors (Lipinski definition) is 0. The van der Waals surface area contributed by atoms with Gasteiger partial charge in [-0.2, -0.15) is 8.78 Å². The summed E-state index contributed by atoms with van der Waals surface area (Å²) in [6.45, 7) is -0.955. The van der Waals surface area contributed by atoms with Crippen molar-refractivity contribution < 1.29 is 18.3 Å². The third-order valence-electron chi connectivity index (χ3n) is 2.53. The molecule has 1 atom stereocenters.